The van der Waals surface area contributed by atoms with Gasteiger partial charge in [-0.15, -0.1) is 0 Å². The summed E-state index contributed by atoms with van der Waals surface area (Å²) in [7, 11) is 0. The fraction of sp³-hybridized carbons (Fsp3) is 0.143. The molecule has 1 atom stereocenters. The Morgan fingerprint density at radius 1 is 1.12 bits per heavy atom. The average molecular weight is 314 g/mol. The van der Waals surface area contributed by atoms with Crippen LogP contribution in [0, 0.1) is 5.82 Å². The largest absolute Gasteiger partial charge is 0.205 e. The predicted molar refractivity (Wildman–Crippen MR) is 73.2 cm³/mol. The van der Waals surface area contributed by atoms with Crippen molar-refractivity contribution in [1.29, 1.82) is 0 Å². The summed E-state index contributed by atoms with van der Waals surface area (Å²) < 4.78 is 13.0. The van der Waals surface area contributed by atoms with Crippen molar-refractivity contribution in [3.05, 3.63) is 70.5 Å². The van der Waals surface area contributed by atoms with Gasteiger partial charge in [0.25, 0.3) is 0 Å². The fourth-order valence-electron chi connectivity index (χ4n) is 1.65. The van der Waals surface area contributed by atoms with Gasteiger partial charge in [-0.1, -0.05) is 63.9 Å². The summed E-state index contributed by atoms with van der Waals surface area (Å²) in [4.78, 5) is 0.142. The summed E-state index contributed by atoms with van der Waals surface area (Å²) >= 11 is 9.37. The van der Waals surface area contributed by atoms with Crippen molar-refractivity contribution in [2.75, 3.05) is 0 Å². The van der Waals surface area contributed by atoms with Gasteiger partial charge in [0, 0.05) is 4.83 Å². The van der Waals surface area contributed by atoms with Gasteiger partial charge >= 0.3 is 0 Å². The highest BCUT2D eigenvalue weighted by Crippen LogP contribution is 2.29. The fourth-order valence-corrected chi connectivity index (χ4v) is 2.49. The molecular formula is C14H11BrClF. The van der Waals surface area contributed by atoms with Gasteiger partial charge in [0.15, 0.2) is 0 Å². The highest BCUT2D eigenvalue weighted by atomic mass is 79.9. The second-order valence-corrected chi connectivity index (χ2v) is 5.34. The van der Waals surface area contributed by atoms with Crippen molar-refractivity contribution in [3.63, 3.8) is 0 Å². The molecule has 0 aliphatic carbocycles. The van der Waals surface area contributed by atoms with Gasteiger partial charge in [0.05, 0.1) is 5.02 Å². The van der Waals surface area contributed by atoms with Crippen molar-refractivity contribution in [2.45, 2.75) is 11.2 Å². The predicted octanol–water partition coefficient (Wildman–Crippen LogP) is 5.16. The molecule has 0 bridgehead atoms. The van der Waals surface area contributed by atoms with E-state index in [2.05, 4.69) is 28.1 Å². The van der Waals surface area contributed by atoms with Crippen LogP contribution in [0.5, 0.6) is 0 Å². The van der Waals surface area contributed by atoms with E-state index in [1.165, 1.54) is 11.6 Å². The maximum absolute atomic E-state index is 13.0. The van der Waals surface area contributed by atoms with E-state index >= 15 is 0 Å². The average Bonchev–Trinajstić information content (AvgIpc) is 2.34. The molecular weight excluding hydrogens is 303 g/mol. The van der Waals surface area contributed by atoms with Gasteiger partial charge in [-0.05, 0) is 29.7 Å². The zero-order valence-corrected chi connectivity index (χ0v) is 11.4. The number of halogens is 3. The van der Waals surface area contributed by atoms with Crippen LogP contribution in [0.2, 0.25) is 5.02 Å². The standard InChI is InChI=1S/C14H11BrClF/c15-12(8-10-4-2-1-3-5-10)11-6-7-14(17)13(16)9-11/h1-7,9,12H,8H2. The molecule has 17 heavy (non-hydrogen) atoms. The van der Waals surface area contributed by atoms with E-state index in [4.69, 9.17) is 11.6 Å². The van der Waals surface area contributed by atoms with Crippen LogP contribution in [-0.2, 0) is 6.42 Å². The van der Waals surface area contributed by atoms with Gasteiger partial charge in [0.2, 0.25) is 0 Å². The number of alkyl halides is 1. The van der Waals surface area contributed by atoms with Crippen molar-refractivity contribution in [3.8, 4) is 0 Å². The van der Waals surface area contributed by atoms with Crippen LogP contribution >= 0.6 is 27.5 Å². The van der Waals surface area contributed by atoms with E-state index in [0.717, 1.165) is 12.0 Å². The lowest BCUT2D eigenvalue weighted by Gasteiger charge is -2.11. The molecule has 0 nitrogen and oxygen atoms in total. The van der Waals surface area contributed by atoms with Crippen molar-refractivity contribution in [2.24, 2.45) is 0 Å². The van der Waals surface area contributed by atoms with Gasteiger partial charge in [-0.3, -0.25) is 0 Å². The summed E-state index contributed by atoms with van der Waals surface area (Å²) in [6.45, 7) is 0. The molecule has 0 amide bonds. The number of hydrogen-bond acceptors (Lipinski definition) is 0. The molecule has 0 spiro atoms. The number of hydrogen-bond donors (Lipinski definition) is 0. The number of rotatable bonds is 3. The van der Waals surface area contributed by atoms with Crippen LogP contribution in [0.1, 0.15) is 16.0 Å². The molecule has 2 rings (SSSR count). The molecule has 2 aromatic carbocycles. The summed E-state index contributed by atoms with van der Waals surface area (Å²) in [5, 5.41) is 0.167. The second-order valence-electron chi connectivity index (χ2n) is 3.83. The second kappa shape index (κ2) is 5.65. The summed E-state index contributed by atoms with van der Waals surface area (Å²) in [5.41, 5.74) is 2.22. The minimum Gasteiger partial charge on any atom is -0.205 e. The SMILES string of the molecule is Fc1ccc(C(Br)Cc2ccccc2)cc1Cl. The molecule has 0 aliphatic rings. The molecule has 0 radical (unpaired) electrons. The highest BCUT2D eigenvalue weighted by molar-refractivity contribution is 9.09. The smallest absolute Gasteiger partial charge is 0.141 e. The van der Waals surface area contributed by atoms with E-state index in [-0.39, 0.29) is 15.7 Å². The van der Waals surface area contributed by atoms with E-state index in [0.29, 0.717) is 0 Å². The summed E-state index contributed by atoms with van der Waals surface area (Å²) in [5.74, 6) is -0.380. The van der Waals surface area contributed by atoms with E-state index < -0.39 is 0 Å². The van der Waals surface area contributed by atoms with Crippen LogP contribution in [0.15, 0.2) is 48.5 Å². The molecule has 0 saturated heterocycles. The Kier molecular flexibility index (Phi) is 4.19. The first-order valence-electron chi connectivity index (χ1n) is 5.30. The van der Waals surface area contributed by atoms with Gasteiger partial charge in [-0.25, -0.2) is 4.39 Å². The molecule has 88 valence electrons. The van der Waals surface area contributed by atoms with Crippen LogP contribution < -0.4 is 0 Å². The Bertz CT molecular complexity index is 499. The van der Waals surface area contributed by atoms with E-state index in [9.17, 15) is 4.39 Å². The molecule has 0 saturated carbocycles. The third-order valence-corrected chi connectivity index (χ3v) is 3.71. The molecule has 0 heterocycles. The Morgan fingerprint density at radius 2 is 1.82 bits per heavy atom. The van der Waals surface area contributed by atoms with Gasteiger partial charge in [0.1, 0.15) is 5.82 Å². The minimum absolute atomic E-state index is 0.142. The lowest BCUT2D eigenvalue weighted by molar-refractivity contribution is 0.627. The van der Waals surface area contributed by atoms with E-state index in [1.807, 2.05) is 18.2 Å². The Labute approximate surface area is 114 Å². The topological polar surface area (TPSA) is 0 Å². The third kappa shape index (κ3) is 3.30. The lowest BCUT2D eigenvalue weighted by Crippen LogP contribution is -1.95. The van der Waals surface area contributed by atoms with Crippen LogP contribution in [0.3, 0.4) is 0 Å². The summed E-state index contributed by atoms with van der Waals surface area (Å²) in [6, 6.07) is 15.0. The first-order valence-corrected chi connectivity index (χ1v) is 6.59. The lowest BCUT2D eigenvalue weighted by atomic mass is 10.0. The number of benzene rings is 2. The van der Waals surface area contributed by atoms with Crippen LogP contribution in [0.4, 0.5) is 4.39 Å². The van der Waals surface area contributed by atoms with Crippen molar-refractivity contribution < 1.29 is 4.39 Å². The molecule has 2 aromatic rings. The van der Waals surface area contributed by atoms with Crippen LogP contribution in [-0.4, -0.2) is 0 Å². The quantitative estimate of drug-likeness (QED) is 0.687. The summed E-state index contributed by atoms with van der Waals surface area (Å²) in [6.07, 6.45) is 0.850. The zero-order valence-electron chi connectivity index (χ0n) is 9.04. The molecule has 3 heteroatoms. The maximum atomic E-state index is 13.0. The molecule has 0 aromatic heterocycles. The first-order chi connectivity index (χ1) is 8.16. The van der Waals surface area contributed by atoms with E-state index in [1.54, 1.807) is 12.1 Å². The molecule has 1 unspecified atom stereocenters. The normalized spacial score (nSPS) is 12.4. The minimum atomic E-state index is -0.380. The monoisotopic (exact) mass is 312 g/mol. The zero-order chi connectivity index (χ0) is 12.3. The molecule has 0 fully saturated rings. The van der Waals surface area contributed by atoms with Gasteiger partial charge in [-0.2, -0.15) is 0 Å². The Morgan fingerprint density at radius 3 is 2.47 bits per heavy atom. The Balaban J connectivity index is 2.14. The molecule has 0 aliphatic heterocycles. The van der Waals surface area contributed by atoms with Crippen LogP contribution in [0.25, 0.3) is 0 Å². The third-order valence-electron chi connectivity index (χ3n) is 2.56. The highest BCUT2D eigenvalue weighted by Gasteiger charge is 2.10. The first kappa shape index (κ1) is 12.6. The molecule has 0 N–H and O–H groups in total. The maximum Gasteiger partial charge on any atom is 0.141 e. The van der Waals surface area contributed by atoms with Gasteiger partial charge < -0.3 is 0 Å². The van der Waals surface area contributed by atoms with Crippen molar-refractivity contribution >= 4 is 27.5 Å². The Hall–Kier alpha value is -0.860. The van der Waals surface area contributed by atoms with Crippen molar-refractivity contribution in [1.82, 2.24) is 0 Å².